The topological polar surface area (TPSA) is 29.1 Å². The summed E-state index contributed by atoms with van der Waals surface area (Å²) in [6.07, 6.45) is 4.03. The Balaban J connectivity index is 2.33. The van der Waals surface area contributed by atoms with Gasteiger partial charge in [-0.15, -0.1) is 0 Å². The fraction of sp³-hybridized carbons (Fsp3) is 0.100. The number of carbonyl (C=O) groups excluding carboxylic acids is 1. The minimum Gasteiger partial charge on any atom is -0.382 e. The van der Waals surface area contributed by atoms with Crippen LogP contribution in [0.25, 0.3) is 0 Å². The lowest BCUT2D eigenvalue weighted by molar-refractivity contribution is -0.104. The maximum atomic E-state index is 9.90. The van der Waals surface area contributed by atoms with E-state index in [1.165, 1.54) is 6.08 Å². The van der Waals surface area contributed by atoms with E-state index in [9.17, 15) is 4.79 Å². The van der Waals surface area contributed by atoms with Gasteiger partial charge in [0.25, 0.3) is 0 Å². The van der Waals surface area contributed by atoms with Crippen LogP contribution in [0.3, 0.4) is 0 Å². The summed E-state index contributed by atoms with van der Waals surface area (Å²) in [5.74, 6) is 0. The van der Waals surface area contributed by atoms with Crippen LogP contribution in [0.2, 0.25) is 0 Å². The van der Waals surface area contributed by atoms with Crippen molar-refractivity contribution in [2.45, 2.75) is 0 Å². The Kier molecular flexibility index (Phi) is 3.64. The molecular formula is C10H11NO. The van der Waals surface area contributed by atoms with Crippen molar-refractivity contribution < 1.29 is 4.79 Å². The van der Waals surface area contributed by atoms with Crippen LogP contribution in [-0.4, -0.2) is 12.8 Å². The lowest BCUT2D eigenvalue weighted by Crippen LogP contribution is -1.97. The molecule has 0 radical (unpaired) electrons. The van der Waals surface area contributed by atoms with E-state index >= 15 is 0 Å². The highest BCUT2D eigenvalue weighted by Crippen LogP contribution is 2.03. The van der Waals surface area contributed by atoms with Crippen LogP contribution in [0.5, 0.6) is 0 Å². The highest BCUT2D eigenvalue weighted by atomic mass is 16.1. The SMILES string of the molecule is O=C/C=C/CNc1ccccc1. The second-order valence-electron chi connectivity index (χ2n) is 2.31. The summed E-state index contributed by atoms with van der Waals surface area (Å²) < 4.78 is 0. The summed E-state index contributed by atoms with van der Waals surface area (Å²) >= 11 is 0. The summed E-state index contributed by atoms with van der Waals surface area (Å²) in [6, 6.07) is 9.85. The Morgan fingerprint density at radius 1 is 1.25 bits per heavy atom. The first-order valence-electron chi connectivity index (χ1n) is 3.82. The number of benzene rings is 1. The molecule has 0 saturated heterocycles. The molecule has 2 nitrogen and oxygen atoms in total. The van der Waals surface area contributed by atoms with Crippen LogP contribution in [0.4, 0.5) is 5.69 Å². The van der Waals surface area contributed by atoms with Gasteiger partial charge in [0.2, 0.25) is 0 Å². The van der Waals surface area contributed by atoms with E-state index in [4.69, 9.17) is 0 Å². The minimum absolute atomic E-state index is 0.683. The van der Waals surface area contributed by atoms with Gasteiger partial charge in [0.15, 0.2) is 0 Å². The van der Waals surface area contributed by atoms with E-state index < -0.39 is 0 Å². The molecule has 0 aliphatic heterocycles. The molecule has 0 aliphatic rings. The third kappa shape index (κ3) is 3.01. The quantitative estimate of drug-likeness (QED) is 0.539. The summed E-state index contributed by atoms with van der Waals surface area (Å²) in [4.78, 5) is 9.90. The average Bonchev–Trinajstić information content (AvgIpc) is 2.14. The zero-order valence-corrected chi connectivity index (χ0v) is 6.73. The zero-order chi connectivity index (χ0) is 8.65. The molecule has 12 heavy (non-hydrogen) atoms. The normalized spacial score (nSPS) is 10.0. The molecule has 2 heteroatoms. The second kappa shape index (κ2) is 5.13. The first kappa shape index (κ1) is 8.53. The van der Waals surface area contributed by atoms with E-state index in [1.807, 2.05) is 30.3 Å². The summed E-state index contributed by atoms with van der Waals surface area (Å²) in [6.45, 7) is 0.683. The zero-order valence-electron chi connectivity index (χ0n) is 6.73. The number of nitrogens with one attached hydrogen (secondary N) is 1. The van der Waals surface area contributed by atoms with Crippen molar-refractivity contribution in [3.8, 4) is 0 Å². The number of hydrogen-bond acceptors (Lipinski definition) is 2. The Labute approximate surface area is 71.9 Å². The summed E-state index contributed by atoms with van der Waals surface area (Å²) in [7, 11) is 0. The van der Waals surface area contributed by atoms with Gasteiger partial charge in [-0.3, -0.25) is 4.79 Å². The highest BCUT2D eigenvalue weighted by Gasteiger charge is 1.83. The number of allylic oxidation sites excluding steroid dienone is 1. The van der Waals surface area contributed by atoms with Gasteiger partial charge in [-0.05, 0) is 18.2 Å². The molecule has 1 aromatic carbocycles. The van der Waals surface area contributed by atoms with E-state index in [0.717, 1.165) is 12.0 Å². The van der Waals surface area contributed by atoms with Crippen molar-refractivity contribution in [1.82, 2.24) is 0 Å². The van der Waals surface area contributed by atoms with Crippen molar-refractivity contribution in [2.75, 3.05) is 11.9 Å². The van der Waals surface area contributed by atoms with Crippen LogP contribution in [0, 0.1) is 0 Å². The molecule has 0 aromatic heterocycles. The smallest absolute Gasteiger partial charge is 0.142 e. The van der Waals surface area contributed by atoms with Crippen molar-refractivity contribution in [3.05, 3.63) is 42.5 Å². The van der Waals surface area contributed by atoms with E-state index in [-0.39, 0.29) is 0 Å². The third-order valence-corrected chi connectivity index (χ3v) is 1.41. The number of aldehydes is 1. The summed E-state index contributed by atoms with van der Waals surface area (Å²) in [5.41, 5.74) is 1.06. The molecular weight excluding hydrogens is 150 g/mol. The fourth-order valence-corrected chi connectivity index (χ4v) is 0.856. The summed E-state index contributed by atoms with van der Waals surface area (Å²) in [5, 5.41) is 3.13. The van der Waals surface area contributed by atoms with Crippen LogP contribution >= 0.6 is 0 Å². The Hall–Kier alpha value is -1.57. The standard InChI is InChI=1S/C10H11NO/c12-9-5-4-8-11-10-6-2-1-3-7-10/h1-7,9,11H,8H2/b5-4+. The molecule has 1 aromatic rings. The van der Waals surface area contributed by atoms with Gasteiger partial charge in [0.05, 0.1) is 0 Å². The van der Waals surface area contributed by atoms with E-state index in [2.05, 4.69) is 5.32 Å². The first-order valence-corrected chi connectivity index (χ1v) is 3.82. The molecule has 0 fully saturated rings. The number of carbonyl (C=O) groups is 1. The fourth-order valence-electron chi connectivity index (χ4n) is 0.856. The number of rotatable bonds is 4. The second-order valence-corrected chi connectivity index (χ2v) is 2.31. The number of anilines is 1. The van der Waals surface area contributed by atoms with Crippen molar-refractivity contribution in [2.24, 2.45) is 0 Å². The molecule has 0 heterocycles. The molecule has 0 unspecified atom stereocenters. The van der Waals surface area contributed by atoms with Crippen molar-refractivity contribution in [3.63, 3.8) is 0 Å². The molecule has 0 atom stereocenters. The van der Waals surface area contributed by atoms with E-state index in [0.29, 0.717) is 6.54 Å². The highest BCUT2D eigenvalue weighted by molar-refractivity contribution is 5.64. The molecule has 0 bridgehead atoms. The molecule has 0 aliphatic carbocycles. The van der Waals surface area contributed by atoms with Gasteiger partial charge in [-0.1, -0.05) is 24.3 Å². The van der Waals surface area contributed by atoms with Gasteiger partial charge >= 0.3 is 0 Å². The van der Waals surface area contributed by atoms with Crippen LogP contribution in [-0.2, 0) is 4.79 Å². The number of para-hydroxylation sites is 1. The molecule has 62 valence electrons. The Bertz CT molecular complexity index is 254. The Morgan fingerprint density at radius 3 is 2.67 bits per heavy atom. The van der Waals surface area contributed by atoms with E-state index in [1.54, 1.807) is 6.08 Å². The monoisotopic (exact) mass is 161 g/mol. The van der Waals surface area contributed by atoms with Gasteiger partial charge in [0.1, 0.15) is 6.29 Å². The molecule has 0 spiro atoms. The molecule has 0 saturated carbocycles. The van der Waals surface area contributed by atoms with Gasteiger partial charge in [-0.2, -0.15) is 0 Å². The lowest BCUT2D eigenvalue weighted by Gasteiger charge is -2.00. The predicted molar refractivity (Wildman–Crippen MR) is 50.1 cm³/mol. The predicted octanol–water partition coefficient (Wildman–Crippen LogP) is 1.85. The molecule has 1 rings (SSSR count). The van der Waals surface area contributed by atoms with Crippen molar-refractivity contribution in [1.29, 1.82) is 0 Å². The van der Waals surface area contributed by atoms with Crippen LogP contribution in [0.1, 0.15) is 0 Å². The maximum Gasteiger partial charge on any atom is 0.142 e. The van der Waals surface area contributed by atoms with Crippen LogP contribution < -0.4 is 5.32 Å². The van der Waals surface area contributed by atoms with Gasteiger partial charge < -0.3 is 5.32 Å². The average molecular weight is 161 g/mol. The van der Waals surface area contributed by atoms with Gasteiger partial charge in [0, 0.05) is 12.2 Å². The Morgan fingerprint density at radius 2 is 2.00 bits per heavy atom. The minimum atomic E-state index is 0.683. The molecule has 0 amide bonds. The third-order valence-electron chi connectivity index (χ3n) is 1.41. The van der Waals surface area contributed by atoms with Crippen LogP contribution in [0.15, 0.2) is 42.5 Å². The number of hydrogen-bond donors (Lipinski definition) is 1. The lowest BCUT2D eigenvalue weighted by atomic mass is 10.3. The first-order chi connectivity index (χ1) is 5.93. The van der Waals surface area contributed by atoms with Crippen molar-refractivity contribution >= 4 is 12.0 Å². The van der Waals surface area contributed by atoms with Gasteiger partial charge in [-0.25, -0.2) is 0 Å². The largest absolute Gasteiger partial charge is 0.382 e. The molecule has 1 N–H and O–H groups in total. The maximum absolute atomic E-state index is 9.90.